The van der Waals surface area contributed by atoms with Gasteiger partial charge in [-0.1, -0.05) is 4.99 Å². The number of imidazole rings is 1. The number of aromatic nitrogens is 2. The summed E-state index contributed by atoms with van der Waals surface area (Å²) in [5.74, 6) is 1.68. The van der Waals surface area contributed by atoms with Gasteiger partial charge in [0.05, 0.1) is 6.26 Å². The minimum Gasteiger partial charge on any atom is -0.466 e. The van der Waals surface area contributed by atoms with E-state index in [9.17, 15) is 9.59 Å². The Hall–Kier alpha value is -2.90. The summed E-state index contributed by atoms with van der Waals surface area (Å²) in [6, 6.07) is 2.81. The van der Waals surface area contributed by atoms with Gasteiger partial charge in [0, 0.05) is 13.6 Å². The number of amidine groups is 1. The number of nitrogens with zero attached hydrogens (tertiary/aromatic N) is 5. The molecule has 1 fully saturated rings. The second-order valence-corrected chi connectivity index (χ2v) is 5.94. The highest BCUT2D eigenvalue weighted by Gasteiger charge is 2.52. The number of urea groups is 1. The van der Waals surface area contributed by atoms with Crippen LogP contribution in [0.3, 0.4) is 0 Å². The van der Waals surface area contributed by atoms with Crippen LogP contribution in [0.1, 0.15) is 24.4 Å². The number of fused-ring (bicyclic) bond motifs is 3. The molecule has 2 aliphatic heterocycles. The Labute approximate surface area is 138 Å². The molecular formula is C16H18N5O3+. The molecule has 1 atom stereocenters. The SMILES string of the molecule is CCN1C(=O)C2C(=Nc3n(Cc4ccco4)c(C)c[n+]32)N(C)C1=O. The molecule has 3 amide bonds. The molecule has 124 valence electrons. The summed E-state index contributed by atoms with van der Waals surface area (Å²) in [5, 5.41) is 0. The Morgan fingerprint density at radius 2 is 2.17 bits per heavy atom. The zero-order chi connectivity index (χ0) is 17.0. The largest absolute Gasteiger partial charge is 0.466 e. The Bertz CT molecular complexity index is 865. The molecule has 8 heteroatoms. The molecule has 4 rings (SSSR count). The first kappa shape index (κ1) is 14.7. The molecule has 2 aromatic heterocycles. The summed E-state index contributed by atoms with van der Waals surface area (Å²) in [6.45, 7) is 4.62. The molecule has 24 heavy (non-hydrogen) atoms. The number of aliphatic imine (C=N–C) groups is 1. The first-order chi connectivity index (χ1) is 11.5. The number of hydrogen-bond donors (Lipinski definition) is 0. The normalized spacial score (nSPS) is 19.6. The number of rotatable bonds is 3. The summed E-state index contributed by atoms with van der Waals surface area (Å²) in [4.78, 5) is 32.3. The number of imide groups is 1. The molecule has 1 unspecified atom stereocenters. The van der Waals surface area contributed by atoms with Crippen molar-refractivity contribution in [2.24, 2.45) is 4.99 Å². The summed E-state index contributed by atoms with van der Waals surface area (Å²) in [5.41, 5.74) is 0.972. The van der Waals surface area contributed by atoms with E-state index in [0.717, 1.165) is 11.5 Å². The van der Waals surface area contributed by atoms with E-state index >= 15 is 0 Å². The van der Waals surface area contributed by atoms with E-state index in [-0.39, 0.29) is 11.9 Å². The number of carbonyl (C=O) groups is 2. The van der Waals surface area contributed by atoms with E-state index in [4.69, 9.17) is 4.42 Å². The second-order valence-electron chi connectivity index (χ2n) is 5.94. The van der Waals surface area contributed by atoms with Gasteiger partial charge in [-0.15, -0.1) is 0 Å². The van der Waals surface area contributed by atoms with Crippen molar-refractivity contribution in [2.75, 3.05) is 13.6 Å². The van der Waals surface area contributed by atoms with E-state index in [1.165, 1.54) is 9.80 Å². The standard InChI is InChI=1S/C16H18N5O3/c1-4-19-14(22)12-13(18(3)16(19)23)17-15-20(10(2)8-21(12)15)9-11-6-5-7-24-11/h5-8,12H,4,9H2,1-3H3/q+1. The molecule has 1 saturated heterocycles. The van der Waals surface area contributed by atoms with Crippen molar-refractivity contribution in [1.82, 2.24) is 14.4 Å². The fourth-order valence-electron chi connectivity index (χ4n) is 3.28. The number of hydrogen-bond acceptors (Lipinski definition) is 4. The molecule has 0 bridgehead atoms. The number of amides is 3. The summed E-state index contributed by atoms with van der Waals surface area (Å²) < 4.78 is 9.23. The van der Waals surface area contributed by atoms with Gasteiger partial charge in [-0.3, -0.25) is 14.6 Å². The minimum absolute atomic E-state index is 0.238. The highest BCUT2D eigenvalue weighted by molar-refractivity contribution is 6.19. The summed E-state index contributed by atoms with van der Waals surface area (Å²) in [6.07, 6.45) is 3.52. The molecule has 4 heterocycles. The van der Waals surface area contributed by atoms with Crippen molar-refractivity contribution in [3.05, 3.63) is 36.0 Å². The van der Waals surface area contributed by atoms with Crippen LogP contribution >= 0.6 is 0 Å². The molecular weight excluding hydrogens is 310 g/mol. The van der Waals surface area contributed by atoms with Crippen LogP contribution in [0.15, 0.2) is 34.0 Å². The van der Waals surface area contributed by atoms with Gasteiger partial charge in [0.15, 0.2) is 0 Å². The van der Waals surface area contributed by atoms with E-state index < -0.39 is 6.04 Å². The third-order valence-electron chi connectivity index (χ3n) is 4.53. The zero-order valence-electron chi connectivity index (χ0n) is 13.8. The number of likely N-dealkylation sites (N-methyl/N-ethyl adjacent to an activating group) is 2. The Morgan fingerprint density at radius 3 is 2.83 bits per heavy atom. The lowest BCUT2D eigenvalue weighted by Gasteiger charge is -2.32. The van der Waals surface area contributed by atoms with Crippen LogP contribution in [0.4, 0.5) is 10.7 Å². The minimum atomic E-state index is -0.584. The number of furan rings is 1. The molecule has 0 saturated carbocycles. The van der Waals surface area contributed by atoms with Crippen molar-refractivity contribution in [3.8, 4) is 0 Å². The van der Waals surface area contributed by atoms with Crippen molar-refractivity contribution in [3.63, 3.8) is 0 Å². The van der Waals surface area contributed by atoms with Crippen LogP contribution < -0.4 is 4.57 Å². The average Bonchev–Trinajstić information content (AvgIpc) is 3.24. The fraction of sp³-hybridized carbons (Fsp3) is 0.375. The average molecular weight is 328 g/mol. The van der Waals surface area contributed by atoms with E-state index in [0.29, 0.717) is 24.9 Å². The third-order valence-corrected chi connectivity index (χ3v) is 4.53. The monoisotopic (exact) mass is 328 g/mol. The van der Waals surface area contributed by atoms with E-state index in [1.807, 2.05) is 34.4 Å². The van der Waals surface area contributed by atoms with E-state index in [1.54, 1.807) is 20.2 Å². The number of aryl methyl sites for hydroxylation is 1. The predicted molar refractivity (Wildman–Crippen MR) is 83.9 cm³/mol. The van der Waals surface area contributed by atoms with Crippen LogP contribution in [-0.4, -0.2) is 45.7 Å². The van der Waals surface area contributed by atoms with Crippen LogP contribution in [0.5, 0.6) is 0 Å². The smallest absolute Gasteiger partial charge is 0.402 e. The molecule has 0 aliphatic carbocycles. The first-order valence-electron chi connectivity index (χ1n) is 7.84. The molecule has 2 aromatic rings. The van der Waals surface area contributed by atoms with Gasteiger partial charge in [0.25, 0.3) is 5.91 Å². The van der Waals surface area contributed by atoms with Gasteiger partial charge < -0.3 is 4.42 Å². The quantitative estimate of drug-likeness (QED) is 0.795. The zero-order valence-corrected chi connectivity index (χ0v) is 13.8. The summed E-state index contributed by atoms with van der Waals surface area (Å²) >= 11 is 0. The molecule has 0 N–H and O–H groups in total. The van der Waals surface area contributed by atoms with Gasteiger partial charge in [-0.2, -0.15) is 0 Å². The van der Waals surface area contributed by atoms with Crippen LogP contribution in [0, 0.1) is 6.92 Å². The third kappa shape index (κ3) is 1.85. The maximum absolute atomic E-state index is 12.7. The summed E-state index contributed by atoms with van der Waals surface area (Å²) in [7, 11) is 1.65. The van der Waals surface area contributed by atoms with Gasteiger partial charge in [-0.05, 0) is 26.0 Å². The van der Waals surface area contributed by atoms with Crippen molar-refractivity contribution < 1.29 is 18.6 Å². The molecule has 0 spiro atoms. The second kappa shape index (κ2) is 5.05. The maximum atomic E-state index is 12.7. The molecule has 0 aromatic carbocycles. The molecule has 0 radical (unpaired) electrons. The van der Waals surface area contributed by atoms with Gasteiger partial charge in [-0.25, -0.2) is 13.9 Å². The lowest BCUT2D eigenvalue weighted by atomic mass is 10.1. The Balaban J connectivity index is 1.80. The highest BCUT2D eigenvalue weighted by atomic mass is 16.3. The Morgan fingerprint density at radius 1 is 1.38 bits per heavy atom. The van der Waals surface area contributed by atoms with Gasteiger partial charge >= 0.3 is 12.0 Å². The topological polar surface area (TPSA) is 74.9 Å². The molecule has 8 nitrogen and oxygen atoms in total. The van der Waals surface area contributed by atoms with Crippen LogP contribution in [0.2, 0.25) is 0 Å². The lowest BCUT2D eigenvalue weighted by molar-refractivity contribution is -0.677. The first-order valence-corrected chi connectivity index (χ1v) is 7.84. The van der Waals surface area contributed by atoms with Crippen molar-refractivity contribution in [1.29, 1.82) is 0 Å². The highest BCUT2D eigenvalue weighted by Crippen LogP contribution is 2.29. The lowest BCUT2D eigenvalue weighted by Crippen LogP contribution is -2.62. The fourth-order valence-corrected chi connectivity index (χ4v) is 3.28. The van der Waals surface area contributed by atoms with Gasteiger partial charge in [0.1, 0.15) is 24.2 Å². The van der Waals surface area contributed by atoms with E-state index in [2.05, 4.69) is 4.99 Å². The van der Waals surface area contributed by atoms with Crippen molar-refractivity contribution >= 4 is 23.7 Å². The van der Waals surface area contributed by atoms with Crippen LogP contribution in [-0.2, 0) is 11.3 Å². The Kier molecular flexibility index (Phi) is 3.09. The maximum Gasteiger partial charge on any atom is 0.402 e. The van der Waals surface area contributed by atoms with Crippen molar-refractivity contribution in [2.45, 2.75) is 26.4 Å². The van der Waals surface area contributed by atoms with Gasteiger partial charge in [0.2, 0.25) is 11.9 Å². The number of carbonyl (C=O) groups excluding carboxylic acids is 2. The molecule has 2 aliphatic rings. The predicted octanol–water partition coefficient (Wildman–Crippen LogP) is 1.22. The van der Waals surface area contributed by atoms with Crippen LogP contribution in [0.25, 0.3) is 0 Å².